The van der Waals surface area contributed by atoms with Gasteiger partial charge in [-0.1, -0.05) is 13.8 Å². The first-order valence-electron chi connectivity index (χ1n) is 9.18. The monoisotopic (exact) mass is 448 g/mol. The van der Waals surface area contributed by atoms with Crippen molar-refractivity contribution >= 4 is 35.6 Å². The van der Waals surface area contributed by atoms with Gasteiger partial charge in [-0.05, 0) is 12.8 Å². The van der Waals surface area contributed by atoms with Gasteiger partial charge < -0.3 is 42.1 Å². The number of carbonyl (C=O) groups excluding carboxylic acids is 3. The van der Waals surface area contributed by atoms with Gasteiger partial charge in [0.2, 0.25) is 17.7 Å². The summed E-state index contributed by atoms with van der Waals surface area (Å²) < 4.78 is 0. The first-order chi connectivity index (χ1) is 14.2. The largest absolute Gasteiger partial charge is 0.481 e. The minimum atomic E-state index is -1.76. The van der Waals surface area contributed by atoms with Crippen molar-refractivity contribution < 1.29 is 49.2 Å². The predicted molar refractivity (Wildman–Crippen MR) is 102 cm³/mol. The molecule has 0 aliphatic heterocycles. The number of rotatable bonds is 13. The van der Waals surface area contributed by atoms with Crippen LogP contribution >= 0.6 is 0 Å². The molecule has 0 aromatic rings. The minimum Gasteiger partial charge on any atom is -0.481 e. The standard InChI is InChI=1S/C17H28N4O10/c1-6(2)13(16(29)20-9(17(30)31)5-11(25)26)21-14(27)8(4-10(23)24)19-15(28)12(18)7(3)22/h6-9,12-13,22H,4-5,18H2,1-3H3,(H,19,28)(H,20,29)(H,21,27)(H,23,24)(H,25,26)(H,30,31). The Hall–Kier alpha value is -3.26. The van der Waals surface area contributed by atoms with Crippen LogP contribution < -0.4 is 21.7 Å². The minimum absolute atomic E-state index is 0.621. The molecule has 0 aromatic carbocycles. The van der Waals surface area contributed by atoms with Gasteiger partial charge in [-0.3, -0.25) is 24.0 Å². The Morgan fingerprint density at radius 1 is 0.742 bits per heavy atom. The molecule has 9 N–H and O–H groups in total. The third kappa shape index (κ3) is 9.86. The highest BCUT2D eigenvalue weighted by Crippen LogP contribution is 2.06. The Morgan fingerprint density at radius 3 is 1.58 bits per heavy atom. The molecule has 5 unspecified atom stereocenters. The molecule has 14 heteroatoms. The summed E-state index contributed by atoms with van der Waals surface area (Å²) in [7, 11) is 0. The predicted octanol–water partition coefficient (Wildman–Crippen LogP) is -3.16. The summed E-state index contributed by atoms with van der Waals surface area (Å²) in [6.45, 7) is 4.20. The number of hydrogen-bond donors (Lipinski definition) is 8. The van der Waals surface area contributed by atoms with Crippen LogP contribution in [0.4, 0.5) is 0 Å². The van der Waals surface area contributed by atoms with E-state index in [-0.39, 0.29) is 0 Å². The summed E-state index contributed by atoms with van der Waals surface area (Å²) in [5.41, 5.74) is 5.45. The second-order valence-electron chi connectivity index (χ2n) is 7.15. The highest BCUT2D eigenvalue weighted by molar-refractivity contribution is 5.96. The molecule has 0 aliphatic carbocycles. The summed E-state index contributed by atoms with van der Waals surface area (Å²) >= 11 is 0. The zero-order valence-corrected chi connectivity index (χ0v) is 17.2. The number of aliphatic carboxylic acids is 3. The number of carboxylic acid groups (broad SMARTS) is 3. The average Bonchev–Trinajstić information content (AvgIpc) is 2.62. The van der Waals surface area contributed by atoms with E-state index in [0.29, 0.717) is 0 Å². The van der Waals surface area contributed by atoms with Gasteiger partial charge in [0.15, 0.2) is 0 Å². The molecule has 0 aromatic heterocycles. The smallest absolute Gasteiger partial charge is 0.326 e. The fourth-order valence-electron chi connectivity index (χ4n) is 2.30. The first kappa shape index (κ1) is 27.7. The zero-order valence-electron chi connectivity index (χ0n) is 17.2. The molecule has 14 nitrogen and oxygen atoms in total. The summed E-state index contributed by atoms with van der Waals surface area (Å²) in [4.78, 5) is 69.9. The van der Waals surface area contributed by atoms with Crippen LogP contribution in [-0.4, -0.2) is 86.3 Å². The first-order valence-corrected chi connectivity index (χ1v) is 9.18. The third-order valence-corrected chi connectivity index (χ3v) is 4.07. The van der Waals surface area contributed by atoms with E-state index in [1.165, 1.54) is 20.8 Å². The van der Waals surface area contributed by atoms with Crippen LogP contribution in [0.2, 0.25) is 0 Å². The van der Waals surface area contributed by atoms with Gasteiger partial charge in [0.1, 0.15) is 24.2 Å². The van der Waals surface area contributed by atoms with Gasteiger partial charge in [-0.15, -0.1) is 0 Å². The molecule has 0 saturated heterocycles. The van der Waals surface area contributed by atoms with E-state index in [0.717, 1.165) is 0 Å². The van der Waals surface area contributed by atoms with Crippen molar-refractivity contribution in [3.63, 3.8) is 0 Å². The molecule has 0 radical (unpaired) electrons. The van der Waals surface area contributed by atoms with Gasteiger partial charge in [-0.2, -0.15) is 0 Å². The van der Waals surface area contributed by atoms with Crippen LogP contribution in [0, 0.1) is 5.92 Å². The second kappa shape index (κ2) is 12.4. The molecule has 0 rings (SSSR count). The lowest BCUT2D eigenvalue weighted by molar-refractivity contribution is -0.147. The van der Waals surface area contributed by atoms with Gasteiger partial charge >= 0.3 is 17.9 Å². The SMILES string of the molecule is CC(C)C(NC(=O)C(CC(=O)O)NC(=O)C(N)C(C)O)C(=O)NC(CC(=O)O)C(=O)O. The number of nitrogens with two attached hydrogens (primary N) is 1. The van der Waals surface area contributed by atoms with Crippen molar-refractivity contribution in [1.82, 2.24) is 16.0 Å². The van der Waals surface area contributed by atoms with Gasteiger partial charge in [0.05, 0.1) is 18.9 Å². The van der Waals surface area contributed by atoms with Crippen molar-refractivity contribution in [2.45, 2.75) is 63.9 Å². The number of carbonyl (C=O) groups is 6. The maximum atomic E-state index is 12.5. The molecule has 3 amide bonds. The molecule has 0 fully saturated rings. The molecule has 0 saturated carbocycles. The zero-order chi connectivity index (χ0) is 24.5. The number of hydrogen-bond acceptors (Lipinski definition) is 8. The van der Waals surface area contributed by atoms with Crippen molar-refractivity contribution in [2.24, 2.45) is 11.7 Å². The van der Waals surface area contributed by atoms with Crippen LogP contribution in [-0.2, 0) is 28.8 Å². The Balaban J connectivity index is 5.48. The van der Waals surface area contributed by atoms with Crippen molar-refractivity contribution in [2.75, 3.05) is 0 Å². The number of amides is 3. The Bertz CT molecular complexity index is 709. The summed E-state index contributed by atoms with van der Waals surface area (Å²) in [5, 5.41) is 42.5. The number of nitrogens with one attached hydrogen (secondary N) is 3. The molecular formula is C17H28N4O10. The summed E-state index contributed by atoms with van der Waals surface area (Å²) in [6.07, 6.45) is -3.06. The number of aliphatic hydroxyl groups excluding tert-OH is 1. The fraction of sp³-hybridized carbons (Fsp3) is 0.647. The molecule has 5 atom stereocenters. The molecule has 0 heterocycles. The third-order valence-electron chi connectivity index (χ3n) is 4.07. The van der Waals surface area contributed by atoms with Crippen LogP contribution in [0.15, 0.2) is 0 Å². The summed E-state index contributed by atoms with van der Waals surface area (Å²) in [6, 6.07) is -6.23. The quantitative estimate of drug-likeness (QED) is 0.140. The lowest BCUT2D eigenvalue weighted by Gasteiger charge is -2.26. The van der Waals surface area contributed by atoms with E-state index < -0.39 is 84.7 Å². The summed E-state index contributed by atoms with van der Waals surface area (Å²) in [5.74, 6) is -8.25. The highest BCUT2D eigenvalue weighted by atomic mass is 16.4. The van der Waals surface area contributed by atoms with E-state index in [4.69, 9.17) is 21.1 Å². The van der Waals surface area contributed by atoms with Gasteiger partial charge in [-0.25, -0.2) is 4.79 Å². The van der Waals surface area contributed by atoms with Crippen molar-refractivity contribution in [3.8, 4) is 0 Å². The maximum absolute atomic E-state index is 12.5. The normalized spacial score (nSPS) is 15.7. The molecule has 0 spiro atoms. The Kier molecular flexibility index (Phi) is 11.1. The van der Waals surface area contributed by atoms with Gasteiger partial charge in [0.25, 0.3) is 0 Å². The lowest BCUT2D eigenvalue weighted by Crippen LogP contribution is -2.59. The average molecular weight is 448 g/mol. The van der Waals surface area contributed by atoms with E-state index >= 15 is 0 Å². The lowest BCUT2D eigenvalue weighted by atomic mass is 10.0. The topological polar surface area (TPSA) is 245 Å². The van der Waals surface area contributed by atoms with E-state index in [1.54, 1.807) is 0 Å². The van der Waals surface area contributed by atoms with E-state index in [9.17, 15) is 33.9 Å². The van der Waals surface area contributed by atoms with Crippen LogP contribution in [0.3, 0.4) is 0 Å². The van der Waals surface area contributed by atoms with Crippen LogP contribution in [0.5, 0.6) is 0 Å². The molecule has 0 bridgehead atoms. The van der Waals surface area contributed by atoms with E-state index in [2.05, 4.69) is 10.6 Å². The van der Waals surface area contributed by atoms with Gasteiger partial charge in [0, 0.05) is 0 Å². The second-order valence-corrected chi connectivity index (χ2v) is 7.15. The van der Waals surface area contributed by atoms with E-state index in [1.807, 2.05) is 5.32 Å². The van der Waals surface area contributed by atoms with Crippen LogP contribution in [0.1, 0.15) is 33.6 Å². The van der Waals surface area contributed by atoms with Crippen molar-refractivity contribution in [3.05, 3.63) is 0 Å². The Morgan fingerprint density at radius 2 is 1.19 bits per heavy atom. The van der Waals surface area contributed by atoms with Crippen molar-refractivity contribution in [1.29, 1.82) is 0 Å². The molecule has 31 heavy (non-hydrogen) atoms. The fourth-order valence-corrected chi connectivity index (χ4v) is 2.30. The molecular weight excluding hydrogens is 420 g/mol. The molecule has 176 valence electrons. The molecule has 0 aliphatic rings. The highest BCUT2D eigenvalue weighted by Gasteiger charge is 2.33. The maximum Gasteiger partial charge on any atom is 0.326 e. The number of aliphatic hydroxyl groups is 1. The Labute approximate surface area is 177 Å². The van der Waals surface area contributed by atoms with Crippen LogP contribution in [0.25, 0.3) is 0 Å². The number of carboxylic acids is 3.